The number of methoxy groups -OCH3 is 1. The van der Waals surface area contributed by atoms with E-state index < -0.39 is 6.09 Å². The maximum absolute atomic E-state index is 14.3. The van der Waals surface area contributed by atoms with Gasteiger partial charge in [0.2, 0.25) is 11.8 Å². The van der Waals surface area contributed by atoms with Crippen molar-refractivity contribution in [3.8, 4) is 17.1 Å². The van der Waals surface area contributed by atoms with Gasteiger partial charge in [0.05, 0.1) is 43.5 Å². The quantitative estimate of drug-likeness (QED) is 0.235. The second-order valence-electron chi connectivity index (χ2n) is 12.5. The van der Waals surface area contributed by atoms with Crippen LogP contribution in [0.3, 0.4) is 0 Å². The average Bonchev–Trinajstić information content (AvgIpc) is 3.03. The summed E-state index contributed by atoms with van der Waals surface area (Å²) in [4.78, 5) is 48.7. The van der Waals surface area contributed by atoms with E-state index in [2.05, 4.69) is 61.4 Å². The minimum absolute atomic E-state index is 0.128. The predicted octanol–water partition coefficient (Wildman–Crippen LogP) is 6.71. The number of benzene rings is 2. The van der Waals surface area contributed by atoms with E-state index in [-0.39, 0.29) is 30.5 Å². The Morgan fingerprint density at radius 2 is 1.78 bits per heavy atom. The number of carbonyl (C=O) groups is 2. The Labute approximate surface area is 273 Å². The summed E-state index contributed by atoms with van der Waals surface area (Å²) in [6, 6.07) is 15.1. The summed E-state index contributed by atoms with van der Waals surface area (Å²) in [6.45, 7) is 10.8. The summed E-state index contributed by atoms with van der Waals surface area (Å²) < 4.78 is 14.5. The third-order valence-electron chi connectivity index (χ3n) is 7.59. The average molecular weight is 642 g/mol. The first-order valence-corrected chi connectivity index (χ1v) is 15.8. The molecule has 0 spiro atoms. The van der Waals surface area contributed by atoms with Gasteiger partial charge in [-0.15, -0.1) is 0 Å². The van der Waals surface area contributed by atoms with E-state index in [9.17, 15) is 9.59 Å². The van der Waals surface area contributed by atoms with E-state index in [0.29, 0.717) is 35.3 Å². The van der Waals surface area contributed by atoms with Gasteiger partial charge in [0.15, 0.2) is 0 Å². The summed E-state index contributed by atoms with van der Waals surface area (Å²) in [5.74, 6) is 1.06. The Bertz CT molecular complexity index is 1710. The molecule has 0 unspecified atom stereocenters. The molecule has 2 amide bonds. The van der Waals surface area contributed by atoms with E-state index in [1.165, 1.54) is 24.0 Å². The van der Waals surface area contributed by atoms with Gasteiger partial charge in [0.1, 0.15) is 12.4 Å². The molecule has 240 valence electrons. The monoisotopic (exact) mass is 641 g/mol. The van der Waals surface area contributed by atoms with Crippen molar-refractivity contribution < 1.29 is 19.1 Å². The summed E-state index contributed by atoms with van der Waals surface area (Å²) in [5, 5.41) is 0. The minimum Gasteiger partial charge on any atom is -0.475 e. The van der Waals surface area contributed by atoms with Crippen LogP contribution in [0.4, 0.5) is 16.4 Å². The molecule has 0 radical (unpaired) electrons. The van der Waals surface area contributed by atoms with E-state index in [4.69, 9.17) is 19.4 Å². The fraction of sp³-hybridized carbons (Fsp3) is 0.353. The minimum atomic E-state index is -0.534. The molecule has 4 bridgehead atoms. The molecule has 1 aliphatic rings. The van der Waals surface area contributed by atoms with Gasteiger partial charge < -0.3 is 14.4 Å². The lowest BCUT2D eigenvalue weighted by atomic mass is 9.87. The number of aromatic nitrogens is 4. The number of anilines is 2. The lowest BCUT2D eigenvalue weighted by Gasteiger charge is -2.35. The molecule has 1 aliphatic heterocycles. The zero-order valence-electron chi connectivity index (χ0n) is 27.2. The van der Waals surface area contributed by atoms with Gasteiger partial charge in [0, 0.05) is 29.1 Å². The summed E-state index contributed by atoms with van der Waals surface area (Å²) >= 11 is 1.32. The molecule has 4 aromatic rings. The van der Waals surface area contributed by atoms with Crippen LogP contribution in [0.15, 0.2) is 65.8 Å². The number of nitrogens with one attached hydrogen (secondary N) is 1. The Kier molecular flexibility index (Phi) is 9.76. The third-order valence-corrected chi connectivity index (χ3v) is 8.37. The van der Waals surface area contributed by atoms with Gasteiger partial charge in [-0.2, -0.15) is 4.98 Å². The van der Waals surface area contributed by atoms with Crippen LogP contribution >= 0.6 is 11.9 Å². The van der Waals surface area contributed by atoms with Crippen LogP contribution in [0.5, 0.6) is 5.88 Å². The topological polar surface area (TPSA) is 123 Å². The van der Waals surface area contributed by atoms with Gasteiger partial charge in [-0.1, -0.05) is 45.0 Å². The lowest BCUT2D eigenvalue weighted by Crippen LogP contribution is -2.45. The molecule has 5 rings (SSSR count). The molecule has 0 saturated carbocycles. The third kappa shape index (κ3) is 7.74. The number of nitrogens with zero attached hydrogens (tertiary/aromatic N) is 6. The zero-order chi connectivity index (χ0) is 33.0. The highest BCUT2D eigenvalue weighted by Gasteiger charge is 2.31. The summed E-state index contributed by atoms with van der Waals surface area (Å²) in [5.41, 5.74) is 4.82. The van der Waals surface area contributed by atoms with E-state index in [0.717, 1.165) is 27.3 Å². The first-order valence-electron chi connectivity index (χ1n) is 15.0. The highest BCUT2D eigenvalue weighted by Crippen LogP contribution is 2.32. The first kappa shape index (κ1) is 32.7. The predicted molar refractivity (Wildman–Crippen MR) is 179 cm³/mol. The van der Waals surface area contributed by atoms with Gasteiger partial charge in [-0.3, -0.25) is 14.4 Å². The molecule has 1 atom stereocenters. The number of hydrogen-bond donors (Lipinski definition) is 1. The van der Waals surface area contributed by atoms with Crippen LogP contribution in [0.1, 0.15) is 54.5 Å². The van der Waals surface area contributed by atoms with Crippen molar-refractivity contribution in [2.75, 3.05) is 30.4 Å². The largest absolute Gasteiger partial charge is 0.475 e. The van der Waals surface area contributed by atoms with Crippen molar-refractivity contribution in [1.82, 2.24) is 24.8 Å². The molecule has 0 aliphatic carbocycles. The van der Waals surface area contributed by atoms with Gasteiger partial charge in [-0.05, 0) is 67.0 Å². The summed E-state index contributed by atoms with van der Waals surface area (Å²) in [7, 11) is 2.89. The van der Waals surface area contributed by atoms with Gasteiger partial charge in [-0.25, -0.2) is 19.7 Å². The molecular weight excluding hydrogens is 602 g/mol. The Balaban J connectivity index is 1.56. The van der Waals surface area contributed by atoms with Crippen molar-refractivity contribution in [2.45, 2.75) is 58.5 Å². The van der Waals surface area contributed by atoms with Crippen LogP contribution in [0.25, 0.3) is 11.3 Å². The van der Waals surface area contributed by atoms with Crippen LogP contribution < -0.4 is 14.4 Å². The molecule has 2 aromatic heterocycles. The molecule has 2 aromatic carbocycles. The maximum atomic E-state index is 14.3. The van der Waals surface area contributed by atoms with Crippen molar-refractivity contribution >= 4 is 35.6 Å². The van der Waals surface area contributed by atoms with Crippen LogP contribution in [-0.4, -0.2) is 63.6 Å². The number of rotatable bonds is 5. The molecule has 1 N–H and O–H groups in total. The number of amides is 2. The highest BCUT2D eigenvalue weighted by atomic mass is 32.2. The Morgan fingerprint density at radius 1 is 1.09 bits per heavy atom. The normalized spacial score (nSPS) is 15.1. The van der Waals surface area contributed by atoms with Crippen molar-refractivity contribution in [1.29, 1.82) is 0 Å². The number of fused-ring (bicyclic) bond motifs is 4. The maximum Gasteiger partial charge on any atom is 0.413 e. The molecule has 3 heterocycles. The number of hydrogen-bond acceptors (Lipinski definition) is 10. The number of ether oxygens (including phenoxy) is 2. The second-order valence-corrected chi connectivity index (χ2v) is 13.3. The Morgan fingerprint density at radius 3 is 2.46 bits per heavy atom. The summed E-state index contributed by atoms with van der Waals surface area (Å²) in [6.07, 6.45) is 3.19. The van der Waals surface area contributed by atoms with Gasteiger partial charge in [0.25, 0.3) is 5.91 Å². The van der Waals surface area contributed by atoms with E-state index >= 15 is 0 Å². The smallest absolute Gasteiger partial charge is 0.413 e. The molecule has 12 heteroatoms. The number of aryl methyl sites for hydroxylation is 2. The van der Waals surface area contributed by atoms with Crippen LogP contribution in [-0.2, 0) is 11.3 Å². The molecular formula is C34H39N7O4S. The van der Waals surface area contributed by atoms with Crippen molar-refractivity contribution in [2.24, 2.45) is 5.41 Å². The fourth-order valence-corrected chi connectivity index (χ4v) is 6.00. The van der Waals surface area contributed by atoms with E-state index in [1.807, 2.05) is 30.3 Å². The van der Waals surface area contributed by atoms with E-state index in [1.54, 1.807) is 30.4 Å². The number of carbonyl (C=O) groups excluding carboxylic acids is 2. The molecule has 0 fully saturated rings. The standard InChI is InChI=1S/C34H39N7O4S/c1-21-10-8-11-22(2)30(21)27-15-29-38-32(37-27)39-46-26-13-9-12-23(14-26)31(42)41(24(20-45-29)16-34(3,4)5)19-28-35-17-25(18-36-28)40(6)33(43)44-7/h8-15,17-18,24H,16,19-20H2,1-7H3,(H,37,38,39)/t24-/m1/s1. The Hall–Kier alpha value is -4.71. The first-order chi connectivity index (χ1) is 21.9. The lowest BCUT2D eigenvalue weighted by molar-refractivity contribution is 0.0505. The van der Waals surface area contributed by atoms with Crippen molar-refractivity contribution in [3.63, 3.8) is 0 Å². The van der Waals surface area contributed by atoms with Gasteiger partial charge >= 0.3 is 6.09 Å². The second kappa shape index (κ2) is 13.7. The van der Waals surface area contributed by atoms with Crippen LogP contribution in [0, 0.1) is 19.3 Å². The SMILES string of the molecule is COC(=O)N(C)c1cnc(CN2C(=O)c3cccc(c3)SNc3nc(cc(-c4c(C)cccc4C)n3)OC[C@H]2CC(C)(C)C)nc1. The molecule has 46 heavy (non-hydrogen) atoms. The van der Waals surface area contributed by atoms with Crippen molar-refractivity contribution in [3.05, 3.63) is 83.4 Å². The zero-order valence-corrected chi connectivity index (χ0v) is 28.0. The highest BCUT2D eigenvalue weighted by molar-refractivity contribution is 8.00. The fourth-order valence-electron chi connectivity index (χ4n) is 5.37. The molecule has 0 saturated heterocycles. The van der Waals surface area contributed by atoms with Crippen LogP contribution in [0.2, 0.25) is 0 Å². The molecule has 11 nitrogen and oxygen atoms in total.